The molecule has 7 heteroatoms. The van der Waals surface area contributed by atoms with Gasteiger partial charge in [-0.2, -0.15) is 13.2 Å². The van der Waals surface area contributed by atoms with Gasteiger partial charge in [-0.25, -0.2) is 0 Å². The third-order valence-electron chi connectivity index (χ3n) is 4.81. The van der Waals surface area contributed by atoms with E-state index in [0.29, 0.717) is 12.5 Å². The van der Waals surface area contributed by atoms with Crippen LogP contribution in [0.1, 0.15) is 31.2 Å². The molecule has 1 amide bonds. The van der Waals surface area contributed by atoms with Crippen LogP contribution in [0.4, 0.5) is 13.2 Å². The second kappa shape index (κ2) is 9.60. The van der Waals surface area contributed by atoms with Crippen LogP contribution in [0.5, 0.6) is 0 Å². The summed E-state index contributed by atoms with van der Waals surface area (Å²) in [4.78, 5) is 15.7. The Morgan fingerprint density at radius 2 is 2.00 bits per heavy atom. The van der Waals surface area contributed by atoms with Gasteiger partial charge in [-0.15, -0.1) is 0 Å². The van der Waals surface area contributed by atoms with Crippen LogP contribution in [-0.2, 0) is 11.2 Å². The van der Waals surface area contributed by atoms with E-state index in [2.05, 4.69) is 4.90 Å². The van der Waals surface area contributed by atoms with E-state index in [4.69, 9.17) is 11.6 Å². The fourth-order valence-electron chi connectivity index (χ4n) is 3.37. The lowest BCUT2D eigenvalue weighted by atomic mass is 9.97. The highest BCUT2D eigenvalue weighted by Crippen LogP contribution is 2.23. The fraction of sp³-hybridized carbons (Fsp3) is 0.632. The molecule has 0 bridgehead atoms. The minimum atomic E-state index is -4.28. The lowest BCUT2D eigenvalue weighted by Crippen LogP contribution is -2.42. The normalized spacial score (nSPS) is 18.7. The summed E-state index contributed by atoms with van der Waals surface area (Å²) in [7, 11) is 1.60. The molecular formula is C19H26ClF3N2O. The molecule has 1 aliphatic rings. The number of carbonyl (C=O) groups excluding carboxylic acids is 1. The second-order valence-corrected chi connectivity index (χ2v) is 7.51. The Labute approximate surface area is 158 Å². The van der Waals surface area contributed by atoms with Gasteiger partial charge in [0.2, 0.25) is 5.91 Å². The number of likely N-dealkylation sites (tertiary alicyclic amines) is 1. The number of nitrogens with zero attached hydrogens (tertiary/aromatic N) is 2. The summed E-state index contributed by atoms with van der Waals surface area (Å²) in [6.45, 7) is 3.36. The topological polar surface area (TPSA) is 23.6 Å². The predicted molar refractivity (Wildman–Crippen MR) is 97.2 cm³/mol. The van der Waals surface area contributed by atoms with Gasteiger partial charge in [-0.05, 0) is 49.4 Å². The molecule has 1 aromatic carbocycles. The van der Waals surface area contributed by atoms with E-state index in [0.717, 1.165) is 43.9 Å². The van der Waals surface area contributed by atoms with Crippen molar-refractivity contribution in [1.82, 2.24) is 9.80 Å². The van der Waals surface area contributed by atoms with Gasteiger partial charge in [0.25, 0.3) is 0 Å². The van der Waals surface area contributed by atoms with E-state index < -0.39 is 24.9 Å². The van der Waals surface area contributed by atoms with Crippen LogP contribution >= 0.6 is 11.6 Å². The SMILES string of the molecule is CN(C[C@H]1CCCN(CCc2ccc(Cl)cc2)C1)C(=O)CCC(F)(F)F. The Kier molecular flexibility index (Phi) is 7.77. The molecular weight excluding hydrogens is 365 g/mol. The standard InChI is InChI=1S/C19H26ClF3N2O/c1-24(18(26)8-10-19(21,22)23)13-16-3-2-11-25(14-16)12-9-15-4-6-17(20)7-5-15/h4-7,16H,2-3,8-14H2,1H3/t16-/m1/s1. The zero-order chi connectivity index (χ0) is 19.2. The average molecular weight is 391 g/mol. The molecule has 1 aromatic rings. The van der Waals surface area contributed by atoms with Crippen molar-refractivity contribution in [2.75, 3.05) is 33.2 Å². The number of amides is 1. The van der Waals surface area contributed by atoms with Crippen LogP contribution in [0.25, 0.3) is 0 Å². The second-order valence-electron chi connectivity index (χ2n) is 7.07. The van der Waals surface area contributed by atoms with Crippen LogP contribution in [0.2, 0.25) is 5.02 Å². The predicted octanol–water partition coefficient (Wildman–Crippen LogP) is 4.40. The number of hydrogen-bond acceptors (Lipinski definition) is 2. The highest BCUT2D eigenvalue weighted by molar-refractivity contribution is 6.30. The number of carbonyl (C=O) groups is 1. The maximum Gasteiger partial charge on any atom is 0.389 e. The van der Waals surface area contributed by atoms with Crippen molar-refractivity contribution in [1.29, 1.82) is 0 Å². The lowest BCUT2D eigenvalue weighted by molar-refractivity contribution is -0.148. The van der Waals surface area contributed by atoms with Gasteiger partial charge in [-0.3, -0.25) is 4.79 Å². The summed E-state index contributed by atoms with van der Waals surface area (Å²) in [6, 6.07) is 7.82. The van der Waals surface area contributed by atoms with Gasteiger partial charge in [-0.1, -0.05) is 23.7 Å². The smallest absolute Gasteiger partial charge is 0.345 e. The first kappa shape index (κ1) is 21.0. The van der Waals surface area contributed by atoms with Crippen LogP contribution < -0.4 is 0 Å². The highest BCUT2D eigenvalue weighted by atomic mass is 35.5. The third-order valence-corrected chi connectivity index (χ3v) is 5.07. The number of alkyl halides is 3. The third kappa shape index (κ3) is 7.54. The first-order valence-electron chi connectivity index (χ1n) is 9.00. The molecule has 1 heterocycles. The van der Waals surface area contributed by atoms with Crippen molar-refractivity contribution in [2.24, 2.45) is 5.92 Å². The number of hydrogen-bond donors (Lipinski definition) is 0. The number of piperidine rings is 1. The molecule has 146 valence electrons. The molecule has 0 saturated carbocycles. The molecule has 1 fully saturated rings. The van der Waals surface area contributed by atoms with Crippen molar-refractivity contribution in [3.8, 4) is 0 Å². The molecule has 1 saturated heterocycles. The Balaban J connectivity index is 1.74. The van der Waals surface area contributed by atoms with Gasteiger partial charge < -0.3 is 9.80 Å². The summed E-state index contributed by atoms with van der Waals surface area (Å²) >= 11 is 5.90. The quantitative estimate of drug-likeness (QED) is 0.689. The maximum absolute atomic E-state index is 12.3. The van der Waals surface area contributed by atoms with E-state index >= 15 is 0 Å². The zero-order valence-electron chi connectivity index (χ0n) is 15.1. The summed E-state index contributed by atoms with van der Waals surface area (Å²) in [5.41, 5.74) is 1.23. The fourth-order valence-corrected chi connectivity index (χ4v) is 3.50. The van der Waals surface area contributed by atoms with Crippen LogP contribution in [0.3, 0.4) is 0 Å². The molecule has 1 atom stereocenters. The minimum absolute atomic E-state index is 0.314. The van der Waals surface area contributed by atoms with Gasteiger partial charge in [0.1, 0.15) is 0 Å². The van der Waals surface area contributed by atoms with Crippen molar-refractivity contribution >= 4 is 17.5 Å². The van der Waals surface area contributed by atoms with Gasteiger partial charge in [0.15, 0.2) is 0 Å². The summed E-state index contributed by atoms with van der Waals surface area (Å²) in [6.07, 6.45) is -2.80. The molecule has 2 rings (SSSR count). The van der Waals surface area contributed by atoms with Crippen molar-refractivity contribution < 1.29 is 18.0 Å². The molecule has 26 heavy (non-hydrogen) atoms. The Bertz CT molecular complexity index is 577. The van der Waals surface area contributed by atoms with E-state index in [9.17, 15) is 18.0 Å². The van der Waals surface area contributed by atoms with Crippen molar-refractivity contribution in [3.63, 3.8) is 0 Å². The lowest BCUT2D eigenvalue weighted by Gasteiger charge is -2.34. The summed E-state index contributed by atoms with van der Waals surface area (Å²) in [5, 5.41) is 0.727. The van der Waals surface area contributed by atoms with Gasteiger partial charge >= 0.3 is 6.18 Å². The minimum Gasteiger partial charge on any atom is -0.345 e. The van der Waals surface area contributed by atoms with Crippen molar-refractivity contribution in [2.45, 2.75) is 38.3 Å². The first-order valence-corrected chi connectivity index (χ1v) is 9.38. The zero-order valence-corrected chi connectivity index (χ0v) is 15.8. The largest absolute Gasteiger partial charge is 0.389 e. The van der Waals surface area contributed by atoms with E-state index in [1.165, 1.54) is 10.5 Å². The Morgan fingerprint density at radius 1 is 1.31 bits per heavy atom. The van der Waals surface area contributed by atoms with E-state index in [1.54, 1.807) is 7.05 Å². The Morgan fingerprint density at radius 3 is 2.65 bits per heavy atom. The molecule has 0 radical (unpaired) electrons. The molecule has 0 aromatic heterocycles. The van der Waals surface area contributed by atoms with Crippen molar-refractivity contribution in [3.05, 3.63) is 34.9 Å². The van der Waals surface area contributed by atoms with Gasteiger partial charge in [0.05, 0.1) is 6.42 Å². The van der Waals surface area contributed by atoms with Crippen LogP contribution in [-0.4, -0.2) is 55.1 Å². The molecule has 3 nitrogen and oxygen atoms in total. The summed E-state index contributed by atoms with van der Waals surface area (Å²) in [5.74, 6) is -0.116. The van der Waals surface area contributed by atoms with E-state index in [1.807, 2.05) is 24.3 Å². The number of rotatable bonds is 7. The molecule has 1 aliphatic heterocycles. The molecule has 0 N–H and O–H groups in total. The highest BCUT2D eigenvalue weighted by Gasteiger charge is 2.29. The van der Waals surface area contributed by atoms with Crippen LogP contribution in [0.15, 0.2) is 24.3 Å². The van der Waals surface area contributed by atoms with Gasteiger partial charge in [0, 0.05) is 38.1 Å². The molecule has 0 aliphatic carbocycles. The first-order chi connectivity index (χ1) is 12.2. The molecule has 0 spiro atoms. The number of benzene rings is 1. The van der Waals surface area contributed by atoms with Crippen LogP contribution in [0, 0.1) is 5.92 Å². The monoisotopic (exact) mass is 390 g/mol. The average Bonchev–Trinajstić information content (AvgIpc) is 2.59. The molecule has 0 unspecified atom stereocenters. The number of halogens is 4. The Hall–Kier alpha value is -1.27. The maximum atomic E-state index is 12.3. The summed E-state index contributed by atoms with van der Waals surface area (Å²) < 4.78 is 36.8. The van der Waals surface area contributed by atoms with E-state index in [-0.39, 0.29) is 0 Å².